The maximum Gasteiger partial charge on any atom is 0.290 e. The van der Waals surface area contributed by atoms with Gasteiger partial charge in [-0.05, 0) is 55.2 Å². The molecule has 7 nitrogen and oxygen atoms in total. The van der Waals surface area contributed by atoms with Gasteiger partial charge in [0.25, 0.3) is 11.5 Å². The van der Waals surface area contributed by atoms with Crippen LogP contribution in [0.4, 0.5) is 0 Å². The summed E-state index contributed by atoms with van der Waals surface area (Å²) in [6.07, 6.45) is 5.28. The summed E-state index contributed by atoms with van der Waals surface area (Å²) < 4.78 is 1.22. The fraction of sp³-hybridized carbons (Fsp3) is 0.333. The van der Waals surface area contributed by atoms with Gasteiger partial charge in [-0.15, -0.1) is 0 Å². The second kappa shape index (κ2) is 7.98. The number of carbonyl (C=O) groups is 2. The summed E-state index contributed by atoms with van der Waals surface area (Å²) in [7, 11) is 0. The van der Waals surface area contributed by atoms with Gasteiger partial charge in [0.2, 0.25) is 5.91 Å². The van der Waals surface area contributed by atoms with Gasteiger partial charge in [-0.3, -0.25) is 25.2 Å². The Bertz CT molecular complexity index is 1200. The van der Waals surface area contributed by atoms with Crippen molar-refractivity contribution in [1.82, 2.24) is 20.6 Å². The quantitative estimate of drug-likeness (QED) is 0.640. The number of rotatable bonds is 4. The summed E-state index contributed by atoms with van der Waals surface area (Å²) in [5, 5.41) is 5.16. The highest BCUT2D eigenvalue weighted by Gasteiger charge is 2.40. The van der Waals surface area contributed by atoms with E-state index >= 15 is 0 Å². The number of hydrogen-bond acceptors (Lipinski definition) is 4. The number of nitrogens with zero attached hydrogens (tertiary/aromatic N) is 2. The van der Waals surface area contributed by atoms with Crippen molar-refractivity contribution in [2.45, 2.75) is 32.1 Å². The first-order valence-electron chi connectivity index (χ1n) is 10.8. The van der Waals surface area contributed by atoms with Crippen molar-refractivity contribution in [3.05, 3.63) is 70.6 Å². The van der Waals surface area contributed by atoms with Crippen LogP contribution in [0.3, 0.4) is 0 Å². The lowest BCUT2D eigenvalue weighted by Crippen LogP contribution is -2.43. The number of hydrogen-bond donors (Lipinski definition) is 2. The van der Waals surface area contributed by atoms with Crippen LogP contribution in [0.25, 0.3) is 16.5 Å². The highest BCUT2D eigenvalue weighted by molar-refractivity contribution is 6.05. The smallest absolute Gasteiger partial charge is 0.273 e. The third kappa shape index (κ3) is 3.71. The Labute approximate surface area is 179 Å². The molecular weight excluding hydrogens is 392 g/mol. The molecule has 2 fully saturated rings. The molecule has 0 radical (unpaired) electrons. The molecule has 3 aromatic rings. The Morgan fingerprint density at radius 3 is 2.39 bits per heavy atom. The standard InChI is InChI=1S/C24H24N4O3/c29-21(14-17-13-15-10-11-16(17)12-15)25-26-23(30)22-19-8-4-5-9-20(19)24(31)28(27-22)18-6-2-1-3-7-18/h1-9,15-17H,10-14H2,(H,25,29)(H,26,30)/t15-,16-,17+/m1/s1. The molecule has 2 aromatic carbocycles. The largest absolute Gasteiger partial charge is 0.290 e. The lowest BCUT2D eigenvalue weighted by atomic mass is 9.86. The molecule has 31 heavy (non-hydrogen) atoms. The molecule has 2 bridgehead atoms. The predicted octanol–water partition coefficient (Wildman–Crippen LogP) is 2.97. The molecule has 2 saturated carbocycles. The number of nitrogens with one attached hydrogen (secondary N) is 2. The maximum atomic E-state index is 12.9. The minimum absolute atomic E-state index is 0.0827. The topological polar surface area (TPSA) is 93.1 Å². The number of para-hydroxylation sites is 1. The lowest BCUT2D eigenvalue weighted by Gasteiger charge is -2.21. The number of benzene rings is 2. The summed E-state index contributed by atoms with van der Waals surface area (Å²) in [5.41, 5.74) is 5.37. The molecule has 0 unspecified atom stereocenters. The number of hydrazine groups is 1. The number of aromatic nitrogens is 2. The Balaban J connectivity index is 1.37. The summed E-state index contributed by atoms with van der Waals surface area (Å²) in [6.45, 7) is 0. The van der Waals surface area contributed by atoms with Gasteiger partial charge < -0.3 is 0 Å². The molecular formula is C24H24N4O3. The van der Waals surface area contributed by atoms with Crippen LogP contribution in [0.1, 0.15) is 42.6 Å². The Kier molecular flexibility index (Phi) is 5.02. The van der Waals surface area contributed by atoms with E-state index in [1.54, 1.807) is 48.5 Å². The van der Waals surface area contributed by atoms with E-state index in [1.165, 1.54) is 23.9 Å². The fourth-order valence-electron chi connectivity index (χ4n) is 5.20. The first kappa shape index (κ1) is 19.5. The molecule has 0 saturated heterocycles. The third-order valence-corrected chi connectivity index (χ3v) is 6.67. The third-order valence-electron chi connectivity index (χ3n) is 6.67. The van der Waals surface area contributed by atoms with Crippen LogP contribution < -0.4 is 16.4 Å². The monoisotopic (exact) mass is 416 g/mol. The highest BCUT2D eigenvalue weighted by atomic mass is 16.2. The fourth-order valence-corrected chi connectivity index (χ4v) is 5.20. The molecule has 158 valence electrons. The minimum atomic E-state index is -0.554. The van der Waals surface area contributed by atoms with E-state index in [-0.39, 0.29) is 17.2 Å². The number of fused-ring (bicyclic) bond motifs is 3. The van der Waals surface area contributed by atoms with E-state index in [2.05, 4.69) is 16.0 Å². The lowest BCUT2D eigenvalue weighted by molar-refractivity contribution is -0.123. The summed E-state index contributed by atoms with van der Waals surface area (Å²) in [5.74, 6) is 1.09. The zero-order valence-electron chi connectivity index (χ0n) is 17.1. The van der Waals surface area contributed by atoms with E-state index in [0.717, 1.165) is 12.3 Å². The average molecular weight is 416 g/mol. The van der Waals surface area contributed by atoms with Crippen LogP contribution in [0.5, 0.6) is 0 Å². The van der Waals surface area contributed by atoms with Gasteiger partial charge in [0.05, 0.1) is 11.1 Å². The maximum absolute atomic E-state index is 12.9. The Morgan fingerprint density at radius 1 is 0.935 bits per heavy atom. The van der Waals surface area contributed by atoms with Gasteiger partial charge in [-0.25, -0.2) is 0 Å². The highest BCUT2D eigenvalue weighted by Crippen LogP contribution is 2.49. The van der Waals surface area contributed by atoms with E-state index in [1.807, 2.05) is 6.07 Å². The molecule has 1 heterocycles. The number of amides is 2. The Hall–Kier alpha value is -3.48. The van der Waals surface area contributed by atoms with Crippen molar-refractivity contribution in [3.63, 3.8) is 0 Å². The Morgan fingerprint density at radius 2 is 1.68 bits per heavy atom. The van der Waals surface area contributed by atoms with E-state index < -0.39 is 5.91 Å². The molecule has 1 aromatic heterocycles. The van der Waals surface area contributed by atoms with Gasteiger partial charge >= 0.3 is 0 Å². The van der Waals surface area contributed by atoms with Crippen LogP contribution in [0, 0.1) is 17.8 Å². The molecule has 3 atom stereocenters. The first-order chi connectivity index (χ1) is 15.1. The molecule has 7 heteroatoms. The van der Waals surface area contributed by atoms with Crippen LogP contribution in [0.2, 0.25) is 0 Å². The summed E-state index contributed by atoms with van der Waals surface area (Å²) >= 11 is 0. The van der Waals surface area contributed by atoms with Crippen molar-refractivity contribution < 1.29 is 9.59 Å². The number of carbonyl (C=O) groups excluding carboxylic acids is 2. The molecule has 2 N–H and O–H groups in total. The molecule has 0 spiro atoms. The van der Waals surface area contributed by atoms with Gasteiger partial charge in [0, 0.05) is 11.8 Å². The predicted molar refractivity (Wildman–Crippen MR) is 117 cm³/mol. The van der Waals surface area contributed by atoms with Crippen molar-refractivity contribution >= 4 is 22.6 Å². The summed E-state index contributed by atoms with van der Waals surface area (Å²) in [6, 6.07) is 15.8. The minimum Gasteiger partial charge on any atom is -0.273 e. The van der Waals surface area contributed by atoms with Crippen LogP contribution in [-0.2, 0) is 4.79 Å². The second-order valence-corrected chi connectivity index (χ2v) is 8.59. The molecule has 5 rings (SSSR count). The zero-order chi connectivity index (χ0) is 21.4. The van der Waals surface area contributed by atoms with Crippen molar-refractivity contribution in [2.75, 3.05) is 0 Å². The van der Waals surface area contributed by atoms with Crippen LogP contribution in [0.15, 0.2) is 59.4 Å². The van der Waals surface area contributed by atoms with Crippen molar-refractivity contribution in [2.24, 2.45) is 17.8 Å². The molecule has 0 aliphatic heterocycles. The summed E-state index contributed by atoms with van der Waals surface area (Å²) in [4.78, 5) is 38.3. The normalized spacial score (nSPS) is 21.9. The van der Waals surface area contributed by atoms with Gasteiger partial charge in [-0.2, -0.15) is 9.78 Å². The van der Waals surface area contributed by atoms with Gasteiger partial charge in [0.1, 0.15) is 0 Å². The average Bonchev–Trinajstić information content (AvgIpc) is 3.42. The van der Waals surface area contributed by atoms with Gasteiger partial charge in [-0.1, -0.05) is 42.8 Å². The second-order valence-electron chi connectivity index (χ2n) is 8.59. The van der Waals surface area contributed by atoms with Crippen LogP contribution in [-0.4, -0.2) is 21.6 Å². The van der Waals surface area contributed by atoms with Crippen molar-refractivity contribution in [1.29, 1.82) is 0 Å². The molecule has 2 aliphatic carbocycles. The SMILES string of the molecule is O=C(C[C@@H]1C[C@@H]2CC[C@@H]1C2)NNC(=O)c1nn(-c2ccccc2)c(=O)c2ccccc12. The molecule has 2 aliphatic rings. The van der Waals surface area contributed by atoms with Gasteiger partial charge in [0.15, 0.2) is 5.69 Å². The van der Waals surface area contributed by atoms with Crippen LogP contribution >= 0.6 is 0 Å². The van der Waals surface area contributed by atoms with Crippen molar-refractivity contribution in [3.8, 4) is 5.69 Å². The van der Waals surface area contributed by atoms with E-state index in [4.69, 9.17) is 0 Å². The van der Waals surface area contributed by atoms with E-state index in [0.29, 0.717) is 34.7 Å². The first-order valence-corrected chi connectivity index (χ1v) is 10.8. The zero-order valence-corrected chi connectivity index (χ0v) is 17.1. The molecule has 2 amide bonds. The van der Waals surface area contributed by atoms with E-state index in [9.17, 15) is 14.4 Å².